The lowest BCUT2D eigenvalue weighted by molar-refractivity contribution is -0.383. The molecule has 17 heavy (non-hydrogen) atoms. The molecule has 1 aliphatic rings. The first-order valence-corrected chi connectivity index (χ1v) is 5.37. The van der Waals surface area contributed by atoms with Crippen LogP contribution in [0.15, 0.2) is 0 Å². The molecular weight excluding hydrogens is 226 g/mol. The summed E-state index contributed by atoms with van der Waals surface area (Å²) in [5.74, 6) is 0.821. The summed E-state index contributed by atoms with van der Waals surface area (Å²) in [6, 6.07) is 0. The van der Waals surface area contributed by atoms with Gasteiger partial charge in [-0.2, -0.15) is 0 Å². The molecule has 0 amide bonds. The van der Waals surface area contributed by atoms with Crippen molar-refractivity contribution < 1.29 is 9.66 Å². The van der Waals surface area contributed by atoms with Gasteiger partial charge < -0.3 is 15.0 Å². The quantitative estimate of drug-likeness (QED) is 0.601. The Morgan fingerprint density at radius 2 is 2.12 bits per heavy atom. The molecule has 0 unspecified atom stereocenters. The molecule has 1 aliphatic heterocycles. The highest BCUT2D eigenvalue weighted by Crippen LogP contribution is 2.34. The highest BCUT2D eigenvalue weighted by Gasteiger charge is 2.30. The summed E-state index contributed by atoms with van der Waals surface area (Å²) in [5, 5.41) is 18.1. The largest absolute Gasteiger partial charge is 0.378 e. The number of ether oxygens (including phenoxy) is 1. The number of morpholine rings is 1. The fourth-order valence-electron chi connectivity index (χ4n) is 1.94. The van der Waals surface area contributed by atoms with Crippen molar-refractivity contribution in [2.75, 3.05) is 43.6 Å². The normalized spacial score (nSPS) is 16.0. The first-order valence-electron chi connectivity index (χ1n) is 5.37. The topological polar surface area (TPSA) is 85.5 Å². The lowest BCUT2D eigenvalue weighted by Crippen LogP contribution is -2.36. The van der Waals surface area contributed by atoms with Gasteiger partial charge >= 0.3 is 5.69 Å². The predicted octanol–water partition coefficient (Wildman–Crippen LogP) is 0.207. The minimum atomic E-state index is -0.399. The van der Waals surface area contributed by atoms with Crippen LogP contribution in [0, 0.1) is 10.1 Å². The number of nitro groups is 1. The van der Waals surface area contributed by atoms with E-state index < -0.39 is 4.92 Å². The number of rotatable bonds is 3. The Labute approximate surface area is 98.3 Å². The Kier molecular flexibility index (Phi) is 3.14. The van der Waals surface area contributed by atoms with Crippen LogP contribution in [0.3, 0.4) is 0 Å². The van der Waals surface area contributed by atoms with E-state index in [-0.39, 0.29) is 5.69 Å². The molecule has 0 atom stereocenters. The van der Waals surface area contributed by atoms with E-state index in [1.54, 1.807) is 14.1 Å². The van der Waals surface area contributed by atoms with Gasteiger partial charge in [-0.3, -0.25) is 10.1 Å². The first-order chi connectivity index (χ1) is 8.15. The second-order valence-corrected chi connectivity index (χ2v) is 3.75. The first kappa shape index (κ1) is 11.6. The number of nitrogens with one attached hydrogen (secondary N) is 1. The van der Waals surface area contributed by atoms with Gasteiger partial charge in [0.2, 0.25) is 11.6 Å². The molecule has 94 valence electrons. The molecule has 1 saturated heterocycles. The summed E-state index contributed by atoms with van der Waals surface area (Å²) in [6.07, 6.45) is 0. The Bertz CT molecular complexity index is 425. The molecule has 0 saturated carbocycles. The fraction of sp³-hybridized carbons (Fsp3) is 0.667. The van der Waals surface area contributed by atoms with E-state index >= 15 is 0 Å². The van der Waals surface area contributed by atoms with Crippen LogP contribution in [-0.2, 0) is 11.8 Å². The van der Waals surface area contributed by atoms with Gasteiger partial charge in [-0.25, -0.2) is 4.68 Å². The van der Waals surface area contributed by atoms with Crippen LogP contribution < -0.4 is 10.2 Å². The minimum Gasteiger partial charge on any atom is -0.378 e. The van der Waals surface area contributed by atoms with Crippen LogP contribution in [0.2, 0.25) is 0 Å². The van der Waals surface area contributed by atoms with E-state index in [1.165, 1.54) is 4.68 Å². The van der Waals surface area contributed by atoms with Crippen LogP contribution in [0.1, 0.15) is 0 Å². The number of aryl methyl sites for hydroxylation is 1. The molecule has 8 nitrogen and oxygen atoms in total. The van der Waals surface area contributed by atoms with Crippen LogP contribution in [0.25, 0.3) is 0 Å². The zero-order valence-electron chi connectivity index (χ0n) is 9.84. The Morgan fingerprint density at radius 3 is 2.65 bits per heavy atom. The van der Waals surface area contributed by atoms with Crippen molar-refractivity contribution in [1.82, 2.24) is 9.78 Å². The lowest BCUT2D eigenvalue weighted by Gasteiger charge is -2.25. The summed E-state index contributed by atoms with van der Waals surface area (Å²) in [7, 11) is 3.33. The van der Waals surface area contributed by atoms with Crippen molar-refractivity contribution in [3.63, 3.8) is 0 Å². The van der Waals surface area contributed by atoms with E-state index in [0.29, 0.717) is 37.9 Å². The summed E-state index contributed by atoms with van der Waals surface area (Å²) < 4.78 is 6.71. The molecule has 1 N–H and O–H groups in total. The number of hydrogen-bond acceptors (Lipinski definition) is 6. The monoisotopic (exact) mass is 241 g/mol. The van der Waals surface area contributed by atoms with Gasteiger partial charge in [0.15, 0.2) is 0 Å². The van der Waals surface area contributed by atoms with Gasteiger partial charge in [0.1, 0.15) is 0 Å². The summed E-state index contributed by atoms with van der Waals surface area (Å²) in [5.41, 5.74) is 0.0249. The number of anilines is 2. The highest BCUT2D eigenvalue weighted by molar-refractivity contribution is 5.71. The predicted molar refractivity (Wildman–Crippen MR) is 62.4 cm³/mol. The SMILES string of the molecule is CNc1c([N+](=O)[O-])c(N2CCOCC2)nn1C. The molecule has 1 fully saturated rings. The van der Waals surface area contributed by atoms with Gasteiger partial charge in [-0.1, -0.05) is 0 Å². The average molecular weight is 241 g/mol. The van der Waals surface area contributed by atoms with Crippen molar-refractivity contribution >= 4 is 17.3 Å². The van der Waals surface area contributed by atoms with E-state index in [2.05, 4.69) is 10.4 Å². The third kappa shape index (κ3) is 2.03. The molecule has 0 aromatic carbocycles. The van der Waals surface area contributed by atoms with Gasteiger partial charge in [0, 0.05) is 27.2 Å². The second-order valence-electron chi connectivity index (χ2n) is 3.75. The summed E-state index contributed by atoms with van der Waals surface area (Å²) in [4.78, 5) is 12.6. The Hall–Kier alpha value is -1.83. The average Bonchev–Trinajstić information content (AvgIpc) is 2.67. The Balaban J connectivity index is 2.41. The van der Waals surface area contributed by atoms with Crippen LogP contribution in [0.5, 0.6) is 0 Å². The molecule has 0 spiro atoms. The van der Waals surface area contributed by atoms with E-state index in [1.807, 2.05) is 4.90 Å². The van der Waals surface area contributed by atoms with Crippen LogP contribution >= 0.6 is 0 Å². The van der Waals surface area contributed by atoms with E-state index in [4.69, 9.17) is 4.74 Å². The third-order valence-corrected chi connectivity index (χ3v) is 2.73. The van der Waals surface area contributed by atoms with Gasteiger partial charge in [0.05, 0.1) is 18.1 Å². The third-order valence-electron chi connectivity index (χ3n) is 2.73. The highest BCUT2D eigenvalue weighted by atomic mass is 16.6. The summed E-state index contributed by atoms with van der Waals surface area (Å²) >= 11 is 0. The van der Waals surface area contributed by atoms with Crippen LogP contribution in [0.4, 0.5) is 17.3 Å². The van der Waals surface area contributed by atoms with Crippen molar-refractivity contribution in [2.45, 2.75) is 0 Å². The molecule has 0 bridgehead atoms. The molecule has 0 aliphatic carbocycles. The zero-order chi connectivity index (χ0) is 12.4. The number of nitrogens with zero attached hydrogens (tertiary/aromatic N) is 4. The lowest BCUT2D eigenvalue weighted by atomic mass is 10.3. The van der Waals surface area contributed by atoms with Crippen molar-refractivity contribution in [3.05, 3.63) is 10.1 Å². The second kappa shape index (κ2) is 4.58. The molecule has 1 aromatic heterocycles. The fourth-order valence-corrected chi connectivity index (χ4v) is 1.94. The Morgan fingerprint density at radius 1 is 1.47 bits per heavy atom. The van der Waals surface area contributed by atoms with Gasteiger partial charge in [-0.15, -0.1) is 5.10 Å². The maximum absolute atomic E-state index is 11.1. The minimum absolute atomic E-state index is 0.0249. The summed E-state index contributed by atoms with van der Waals surface area (Å²) in [6.45, 7) is 2.40. The van der Waals surface area contributed by atoms with E-state index in [0.717, 1.165) is 0 Å². The standard InChI is InChI=1S/C9H15N5O3/c1-10-8-7(14(15)16)9(11-12(8)2)13-3-5-17-6-4-13/h10H,3-6H2,1-2H3. The maximum Gasteiger partial charge on any atom is 0.354 e. The molecule has 0 radical (unpaired) electrons. The zero-order valence-corrected chi connectivity index (χ0v) is 9.84. The van der Waals surface area contributed by atoms with Crippen LogP contribution in [-0.4, -0.2) is 48.1 Å². The molecular formula is C9H15N5O3. The van der Waals surface area contributed by atoms with Gasteiger partial charge in [0.25, 0.3) is 0 Å². The number of hydrogen-bond donors (Lipinski definition) is 1. The van der Waals surface area contributed by atoms with Crippen molar-refractivity contribution in [2.24, 2.45) is 7.05 Å². The van der Waals surface area contributed by atoms with Crippen molar-refractivity contribution in [3.8, 4) is 0 Å². The maximum atomic E-state index is 11.1. The van der Waals surface area contributed by atoms with E-state index in [9.17, 15) is 10.1 Å². The molecule has 1 aromatic rings. The van der Waals surface area contributed by atoms with Crippen molar-refractivity contribution in [1.29, 1.82) is 0 Å². The molecule has 2 heterocycles. The smallest absolute Gasteiger partial charge is 0.354 e. The van der Waals surface area contributed by atoms with Gasteiger partial charge in [-0.05, 0) is 0 Å². The molecule has 2 rings (SSSR count). The molecule has 8 heteroatoms. The number of aromatic nitrogens is 2.